The van der Waals surface area contributed by atoms with Crippen LogP contribution in [0.3, 0.4) is 0 Å². The average molecular weight is 327 g/mol. The van der Waals surface area contributed by atoms with Crippen LogP contribution in [0.1, 0.15) is 32.6 Å². The van der Waals surface area contributed by atoms with Gasteiger partial charge >= 0.3 is 0 Å². The molecule has 0 heterocycles. The molecule has 0 amide bonds. The second kappa shape index (κ2) is 6.37. The standard InChI is InChI=1S/C14H19BrN2O2/c1-10-4-2-3-5-11(10)9-16-13-8-12(15)6-7-14(13)17(18)19/h6-8,10-11,16H,2-5,9H2,1H3. The van der Waals surface area contributed by atoms with E-state index in [0.29, 0.717) is 17.5 Å². The van der Waals surface area contributed by atoms with Crippen molar-refractivity contribution >= 4 is 27.3 Å². The molecule has 1 fully saturated rings. The van der Waals surface area contributed by atoms with E-state index in [4.69, 9.17) is 0 Å². The van der Waals surface area contributed by atoms with Crippen LogP contribution in [0, 0.1) is 22.0 Å². The summed E-state index contributed by atoms with van der Waals surface area (Å²) in [6, 6.07) is 5.02. The van der Waals surface area contributed by atoms with E-state index in [1.807, 2.05) is 0 Å². The van der Waals surface area contributed by atoms with Gasteiger partial charge in [-0.05, 0) is 30.4 Å². The first-order valence-corrected chi connectivity index (χ1v) is 7.55. The molecule has 1 saturated carbocycles. The highest BCUT2D eigenvalue weighted by molar-refractivity contribution is 9.10. The summed E-state index contributed by atoms with van der Waals surface area (Å²) in [6.45, 7) is 3.10. The van der Waals surface area contributed by atoms with E-state index in [2.05, 4.69) is 28.2 Å². The summed E-state index contributed by atoms with van der Waals surface area (Å²) in [6.07, 6.45) is 5.08. The third-order valence-corrected chi connectivity index (χ3v) is 4.49. The van der Waals surface area contributed by atoms with Gasteiger partial charge in [-0.25, -0.2) is 0 Å². The summed E-state index contributed by atoms with van der Waals surface area (Å²) in [5.41, 5.74) is 0.754. The first kappa shape index (κ1) is 14.3. The highest BCUT2D eigenvalue weighted by atomic mass is 79.9. The molecule has 19 heavy (non-hydrogen) atoms. The monoisotopic (exact) mass is 326 g/mol. The molecule has 5 heteroatoms. The van der Waals surface area contributed by atoms with E-state index in [-0.39, 0.29) is 10.6 Å². The molecule has 0 aliphatic heterocycles. The first-order chi connectivity index (χ1) is 9.08. The number of rotatable bonds is 4. The minimum absolute atomic E-state index is 0.145. The van der Waals surface area contributed by atoms with Gasteiger partial charge in [0.15, 0.2) is 0 Å². The van der Waals surface area contributed by atoms with Crippen molar-refractivity contribution in [2.24, 2.45) is 11.8 Å². The zero-order chi connectivity index (χ0) is 13.8. The Kier molecular flexibility index (Phi) is 4.80. The third-order valence-electron chi connectivity index (χ3n) is 4.00. The van der Waals surface area contributed by atoms with Crippen LogP contribution < -0.4 is 5.32 Å². The van der Waals surface area contributed by atoms with Gasteiger partial charge in [-0.2, -0.15) is 0 Å². The van der Waals surface area contributed by atoms with Crippen molar-refractivity contribution in [2.75, 3.05) is 11.9 Å². The van der Waals surface area contributed by atoms with Gasteiger partial charge in [-0.1, -0.05) is 42.1 Å². The lowest BCUT2D eigenvalue weighted by Gasteiger charge is -2.29. The van der Waals surface area contributed by atoms with Crippen LogP contribution in [0.25, 0.3) is 0 Å². The largest absolute Gasteiger partial charge is 0.379 e. The number of nitro benzene ring substituents is 1. The second-order valence-corrected chi connectivity index (χ2v) is 6.24. The summed E-state index contributed by atoms with van der Waals surface area (Å²) < 4.78 is 0.859. The molecule has 1 aliphatic carbocycles. The Morgan fingerprint density at radius 2 is 2.16 bits per heavy atom. The van der Waals surface area contributed by atoms with Crippen LogP contribution in [0.15, 0.2) is 22.7 Å². The van der Waals surface area contributed by atoms with Crippen LogP contribution in [0.2, 0.25) is 0 Å². The van der Waals surface area contributed by atoms with E-state index in [0.717, 1.165) is 11.0 Å². The Bertz CT molecular complexity index is 465. The lowest BCUT2D eigenvalue weighted by Crippen LogP contribution is -2.24. The Labute approximate surface area is 121 Å². The summed E-state index contributed by atoms with van der Waals surface area (Å²) in [5.74, 6) is 1.32. The quantitative estimate of drug-likeness (QED) is 0.650. The van der Waals surface area contributed by atoms with E-state index in [9.17, 15) is 10.1 Å². The molecule has 0 bridgehead atoms. The topological polar surface area (TPSA) is 55.2 Å². The lowest BCUT2D eigenvalue weighted by atomic mass is 9.80. The van der Waals surface area contributed by atoms with Crippen LogP contribution >= 0.6 is 15.9 Å². The average Bonchev–Trinajstić information content (AvgIpc) is 2.37. The van der Waals surface area contributed by atoms with Gasteiger partial charge in [0.2, 0.25) is 0 Å². The number of hydrogen-bond acceptors (Lipinski definition) is 3. The number of nitrogens with zero attached hydrogens (tertiary/aromatic N) is 1. The fourth-order valence-electron chi connectivity index (χ4n) is 2.75. The number of nitro groups is 1. The van der Waals surface area contributed by atoms with Crippen molar-refractivity contribution in [2.45, 2.75) is 32.6 Å². The summed E-state index contributed by atoms with van der Waals surface area (Å²) in [7, 11) is 0. The number of halogens is 1. The van der Waals surface area contributed by atoms with Crippen LogP contribution in [0.4, 0.5) is 11.4 Å². The lowest BCUT2D eigenvalue weighted by molar-refractivity contribution is -0.384. The molecule has 2 rings (SSSR count). The van der Waals surface area contributed by atoms with Gasteiger partial charge in [0.25, 0.3) is 5.69 Å². The number of benzene rings is 1. The minimum atomic E-state index is -0.334. The first-order valence-electron chi connectivity index (χ1n) is 6.75. The molecule has 1 aromatic carbocycles. The SMILES string of the molecule is CC1CCCCC1CNc1cc(Br)ccc1[N+](=O)[O-]. The van der Waals surface area contributed by atoms with E-state index in [1.54, 1.807) is 12.1 Å². The van der Waals surface area contributed by atoms with Crippen molar-refractivity contribution in [1.82, 2.24) is 0 Å². The molecule has 1 aromatic rings. The van der Waals surface area contributed by atoms with E-state index in [1.165, 1.54) is 31.7 Å². The number of hydrogen-bond donors (Lipinski definition) is 1. The van der Waals surface area contributed by atoms with Gasteiger partial charge in [-0.15, -0.1) is 0 Å². The molecule has 0 aromatic heterocycles. The number of nitrogens with one attached hydrogen (secondary N) is 1. The molecule has 0 saturated heterocycles. The summed E-state index contributed by atoms with van der Waals surface area (Å²) in [4.78, 5) is 10.7. The van der Waals surface area contributed by atoms with Crippen molar-refractivity contribution in [3.8, 4) is 0 Å². The molecule has 2 unspecified atom stereocenters. The maximum Gasteiger partial charge on any atom is 0.292 e. The molecule has 4 nitrogen and oxygen atoms in total. The fraction of sp³-hybridized carbons (Fsp3) is 0.571. The van der Waals surface area contributed by atoms with Crippen molar-refractivity contribution in [3.05, 3.63) is 32.8 Å². The predicted octanol–water partition coefficient (Wildman–Crippen LogP) is 4.60. The molecule has 0 radical (unpaired) electrons. The smallest absolute Gasteiger partial charge is 0.292 e. The highest BCUT2D eigenvalue weighted by Gasteiger charge is 2.22. The van der Waals surface area contributed by atoms with Gasteiger partial charge in [0.05, 0.1) is 4.92 Å². The molecular weight excluding hydrogens is 308 g/mol. The van der Waals surface area contributed by atoms with Crippen LogP contribution in [-0.4, -0.2) is 11.5 Å². The normalized spacial score (nSPS) is 23.1. The second-order valence-electron chi connectivity index (χ2n) is 5.32. The maximum atomic E-state index is 11.0. The molecule has 104 valence electrons. The van der Waals surface area contributed by atoms with Gasteiger partial charge in [0, 0.05) is 17.1 Å². The van der Waals surface area contributed by atoms with Gasteiger partial charge < -0.3 is 5.32 Å². The highest BCUT2D eigenvalue weighted by Crippen LogP contribution is 2.32. The van der Waals surface area contributed by atoms with Crippen LogP contribution in [0.5, 0.6) is 0 Å². The van der Waals surface area contributed by atoms with E-state index < -0.39 is 0 Å². The van der Waals surface area contributed by atoms with Crippen molar-refractivity contribution < 1.29 is 4.92 Å². The molecule has 1 aliphatic rings. The predicted molar refractivity (Wildman–Crippen MR) is 80.4 cm³/mol. The number of anilines is 1. The Morgan fingerprint density at radius 1 is 1.42 bits per heavy atom. The summed E-state index contributed by atoms with van der Waals surface area (Å²) in [5, 5.41) is 14.3. The maximum absolute atomic E-state index is 11.0. The van der Waals surface area contributed by atoms with Crippen LogP contribution in [-0.2, 0) is 0 Å². The summed E-state index contributed by atoms with van der Waals surface area (Å²) >= 11 is 3.36. The Balaban J connectivity index is 2.05. The third kappa shape index (κ3) is 3.69. The van der Waals surface area contributed by atoms with Crippen molar-refractivity contribution in [1.29, 1.82) is 0 Å². The van der Waals surface area contributed by atoms with Crippen molar-refractivity contribution in [3.63, 3.8) is 0 Å². The zero-order valence-corrected chi connectivity index (χ0v) is 12.6. The zero-order valence-electron chi connectivity index (χ0n) is 11.1. The molecular formula is C14H19BrN2O2. The Morgan fingerprint density at radius 3 is 2.84 bits per heavy atom. The van der Waals surface area contributed by atoms with E-state index >= 15 is 0 Å². The van der Waals surface area contributed by atoms with Gasteiger partial charge in [0.1, 0.15) is 5.69 Å². The molecule has 1 N–H and O–H groups in total. The minimum Gasteiger partial charge on any atom is -0.379 e. The Hall–Kier alpha value is -1.10. The molecule has 2 atom stereocenters. The fourth-order valence-corrected chi connectivity index (χ4v) is 3.11. The molecule has 0 spiro atoms. The van der Waals surface area contributed by atoms with Gasteiger partial charge in [-0.3, -0.25) is 10.1 Å².